The van der Waals surface area contributed by atoms with Gasteiger partial charge in [0, 0.05) is 55.6 Å². The van der Waals surface area contributed by atoms with E-state index in [1.165, 1.54) is 12.1 Å². The third-order valence-corrected chi connectivity index (χ3v) is 13.5. The molecule has 45 heavy (non-hydrogen) atoms. The number of hydrogen-bond acceptors (Lipinski definition) is 6. The number of aromatic nitrogens is 2. The van der Waals surface area contributed by atoms with E-state index in [9.17, 15) is 13.6 Å². The maximum atomic E-state index is 13.8. The molecule has 0 spiro atoms. The highest BCUT2D eigenvalue weighted by molar-refractivity contribution is 6.74. The number of benzene rings is 3. The summed E-state index contributed by atoms with van der Waals surface area (Å²) >= 11 is 0. The van der Waals surface area contributed by atoms with Gasteiger partial charge in [0.25, 0.3) is 5.91 Å². The van der Waals surface area contributed by atoms with Gasteiger partial charge >= 0.3 is 0 Å². The number of aromatic amines is 1. The molecule has 8 nitrogen and oxygen atoms in total. The quantitative estimate of drug-likeness (QED) is 0.130. The van der Waals surface area contributed by atoms with Crippen LogP contribution in [0.1, 0.15) is 42.3 Å². The molecule has 0 bridgehead atoms. The minimum atomic E-state index is -1.91. The van der Waals surface area contributed by atoms with Crippen LogP contribution >= 0.6 is 0 Å². The zero-order chi connectivity index (χ0) is 32.4. The van der Waals surface area contributed by atoms with E-state index in [-0.39, 0.29) is 10.9 Å². The number of likely N-dealkylation sites (N-methyl/N-ethyl adjacent to an activating group) is 1. The molecular weight excluding hydrogens is 590 g/mol. The van der Waals surface area contributed by atoms with Crippen molar-refractivity contribution in [1.82, 2.24) is 15.1 Å². The number of H-pyrrole nitrogens is 1. The summed E-state index contributed by atoms with van der Waals surface area (Å²) in [5.74, 6) is -1.13. The summed E-state index contributed by atoms with van der Waals surface area (Å²) < 4.78 is 33.9. The van der Waals surface area contributed by atoms with Crippen LogP contribution < -0.4 is 15.5 Å². The Morgan fingerprint density at radius 2 is 1.69 bits per heavy atom. The van der Waals surface area contributed by atoms with E-state index in [1.54, 1.807) is 0 Å². The summed E-state index contributed by atoms with van der Waals surface area (Å²) in [5, 5.41) is 14.6. The van der Waals surface area contributed by atoms with Crippen LogP contribution in [0.15, 0.2) is 54.6 Å². The lowest BCUT2D eigenvalue weighted by Crippen LogP contribution is -2.44. The number of carbonyl (C=O) groups is 1. The minimum absolute atomic E-state index is 0.110. The molecule has 1 fully saturated rings. The first-order valence-corrected chi connectivity index (χ1v) is 18.4. The second-order valence-corrected chi connectivity index (χ2v) is 18.2. The fourth-order valence-electron chi connectivity index (χ4n) is 5.24. The summed E-state index contributed by atoms with van der Waals surface area (Å²) in [7, 11) is 0.220. The molecule has 1 aliphatic rings. The number of anilines is 3. The van der Waals surface area contributed by atoms with Crippen LogP contribution in [0.2, 0.25) is 18.1 Å². The van der Waals surface area contributed by atoms with Crippen molar-refractivity contribution in [3.05, 3.63) is 82.9 Å². The molecule has 0 aliphatic carbocycles. The molecule has 3 N–H and O–H groups in total. The van der Waals surface area contributed by atoms with Crippen LogP contribution in [-0.2, 0) is 10.8 Å². The molecule has 4 aromatic rings. The molecule has 1 aromatic heterocycles. The summed E-state index contributed by atoms with van der Waals surface area (Å²) in [4.78, 5) is 18.4. The Bertz CT molecular complexity index is 1640. The van der Waals surface area contributed by atoms with E-state index < -0.39 is 20.0 Å². The lowest BCUT2D eigenvalue weighted by atomic mass is 10.0. The lowest BCUT2D eigenvalue weighted by molar-refractivity contribution is 0.102. The topological polar surface area (TPSA) is 85.5 Å². The second kappa shape index (κ2) is 13.3. The SMILES string of the molecule is CN1CCN(c2ccc(C(=O)Nc3n[nH]c4ccc(Cc5cc(F)cc(F)c5)cc34)c(NCCO[Si](C)(C)C(C)(C)C)c2)CC1. The van der Waals surface area contributed by atoms with Gasteiger partial charge < -0.3 is 24.9 Å². The molecule has 1 saturated heterocycles. The molecule has 5 rings (SSSR count). The van der Waals surface area contributed by atoms with Gasteiger partial charge in [-0.05, 0) is 85.2 Å². The smallest absolute Gasteiger partial charge is 0.258 e. The van der Waals surface area contributed by atoms with Crippen molar-refractivity contribution in [3.8, 4) is 0 Å². The van der Waals surface area contributed by atoms with Crippen LogP contribution in [0.25, 0.3) is 10.9 Å². The molecular formula is C34H44F2N6O2Si. The highest BCUT2D eigenvalue weighted by atomic mass is 28.4. The van der Waals surface area contributed by atoms with Crippen molar-refractivity contribution in [1.29, 1.82) is 0 Å². The van der Waals surface area contributed by atoms with E-state index in [0.29, 0.717) is 41.9 Å². The Morgan fingerprint density at radius 1 is 0.978 bits per heavy atom. The highest BCUT2D eigenvalue weighted by Crippen LogP contribution is 2.36. The number of nitrogens with one attached hydrogen (secondary N) is 3. The zero-order valence-electron chi connectivity index (χ0n) is 27.1. The average Bonchev–Trinajstić information content (AvgIpc) is 3.36. The van der Waals surface area contributed by atoms with E-state index in [0.717, 1.165) is 54.7 Å². The number of rotatable bonds is 10. The van der Waals surface area contributed by atoms with Crippen molar-refractivity contribution < 1.29 is 18.0 Å². The normalized spacial score (nSPS) is 14.6. The predicted molar refractivity (Wildman–Crippen MR) is 181 cm³/mol. The molecule has 3 aromatic carbocycles. The molecule has 1 aliphatic heterocycles. The highest BCUT2D eigenvalue weighted by Gasteiger charge is 2.36. The lowest BCUT2D eigenvalue weighted by Gasteiger charge is -2.36. The summed E-state index contributed by atoms with van der Waals surface area (Å²) in [5.41, 5.74) is 4.40. The number of halogens is 2. The molecule has 240 valence electrons. The Balaban J connectivity index is 1.36. The van der Waals surface area contributed by atoms with Crippen molar-refractivity contribution in [2.75, 3.05) is 61.9 Å². The number of carbonyl (C=O) groups excluding carboxylic acids is 1. The number of amides is 1. The van der Waals surface area contributed by atoms with Gasteiger partial charge in [-0.25, -0.2) is 8.78 Å². The van der Waals surface area contributed by atoms with Crippen molar-refractivity contribution in [2.45, 2.75) is 45.3 Å². The van der Waals surface area contributed by atoms with E-state index in [1.807, 2.05) is 36.4 Å². The van der Waals surface area contributed by atoms with E-state index in [2.05, 4.69) is 71.5 Å². The first-order valence-electron chi connectivity index (χ1n) is 15.5. The summed E-state index contributed by atoms with van der Waals surface area (Å²) in [6.07, 6.45) is 0.335. The third-order valence-electron chi connectivity index (χ3n) is 8.99. The van der Waals surface area contributed by atoms with Crippen LogP contribution in [0, 0.1) is 11.6 Å². The summed E-state index contributed by atoms with van der Waals surface area (Å²) in [6, 6.07) is 15.0. The monoisotopic (exact) mass is 634 g/mol. The Kier molecular flexibility index (Phi) is 9.62. The number of nitrogens with zero attached hydrogens (tertiary/aromatic N) is 3. The van der Waals surface area contributed by atoms with Crippen molar-refractivity contribution in [2.24, 2.45) is 0 Å². The second-order valence-electron chi connectivity index (χ2n) is 13.4. The van der Waals surface area contributed by atoms with Gasteiger partial charge in [-0.3, -0.25) is 9.89 Å². The molecule has 0 unspecified atom stereocenters. The minimum Gasteiger partial charge on any atom is -0.415 e. The largest absolute Gasteiger partial charge is 0.415 e. The predicted octanol–water partition coefficient (Wildman–Crippen LogP) is 6.87. The first-order chi connectivity index (χ1) is 21.3. The number of fused-ring (bicyclic) bond motifs is 1. The van der Waals surface area contributed by atoms with Crippen molar-refractivity contribution >= 4 is 42.3 Å². The maximum Gasteiger partial charge on any atom is 0.258 e. The average molecular weight is 635 g/mol. The van der Waals surface area contributed by atoms with Gasteiger partial charge in [0.15, 0.2) is 14.1 Å². The van der Waals surface area contributed by atoms with Crippen LogP contribution in [0.5, 0.6) is 0 Å². The van der Waals surface area contributed by atoms with Crippen LogP contribution in [-0.4, -0.2) is 75.7 Å². The van der Waals surface area contributed by atoms with Gasteiger partial charge in [-0.15, -0.1) is 0 Å². The van der Waals surface area contributed by atoms with E-state index in [4.69, 9.17) is 4.43 Å². The van der Waals surface area contributed by atoms with Crippen LogP contribution in [0.3, 0.4) is 0 Å². The molecule has 0 saturated carbocycles. The number of piperazine rings is 1. The van der Waals surface area contributed by atoms with E-state index >= 15 is 0 Å². The maximum absolute atomic E-state index is 13.8. The van der Waals surface area contributed by atoms with Crippen molar-refractivity contribution in [3.63, 3.8) is 0 Å². The molecule has 2 heterocycles. The Morgan fingerprint density at radius 3 is 2.38 bits per heavy atom. The molecule has 1 amide bonds. The van der Waals surface area contributed by atoms with Gasteiger partial charge in [-0.2, -0.15) is 5.10 Å². The standard InChI is InChI=1S/C34H44F2N6O2Si/c1-34(2,3)45(5,6)44-16-11-37-31-22-27(42-14-12-41(4)13-15-42)8-9-28(31)33(43)38-32-29-20-23(7-10-30(29)39-40-32)17-24-18-25(35)21-26(36)19-24/h7-10,18-22,37H,11-17H2,1-6H3,(H2,38,39,40,43). The Hall–Kier alpha value is -3.80. The zero-order valence-corrected chi connectivity index (χ0v) is 28.1. The fraction of sp³-hybridized carbons (Fsp3) is 0.412. The molecule has 0 radical (unpaired) electrons. The van der Waals surface area contributed by atoms with Gasteiger partial charge in [0.2, 0.25) is 0 Å². The fourth-order valence-corrected chi connectivity index (χ4v) is 6.28. The first kappa shape index (κ1) is 32.6. The molecule has 11 heteroatoms. The van der Waals surface area contributed by atoms with Gasteiger partial charge in [0.1, 0.15) is 11.6 Å². The van der Waals surface area contributed by atoms with Crippen LogP contribution in [0.4, 0.5) is 26.0 Å². The third kappa shape index (κ3) is 7.89. The Labute approximate surface area is 265 Å². The number of hydrogen-bond donors (Lipinski definition) is 3. The summed E-state index contributed by atoms with van der Waals surface area (Å²) in [6.45, 7) is 16.0. The van der Waals surface area contributed by atoms with Gasteiger partial charge in [-0.1, -0.05) is 26.8 Å². The van der Waals surface area contributed by atoms with Gasteiger partial charge in [0.05, 0.1) is 17.7 Å². The molecule has 0 atom stereocenters.